The fourth-order valence-electron chi connectivity index (χ4n) is 4.79. The van der Waals surface area contributed by atoms with Crippen LogP contribution in [0.5, 0.6) is 0 Å². The number of hydrogen-bond acceptors (Lipinski definition) is 3. The number of amides is 2. The first-order valence-corrected chi connectivity index (χ1v) is 12.0. The monoisotopic (exact) mass is 450 g/mol. The molecule has 2 aliphatic heterocycles. The Balaban J connectivity index is 1.54. The lowest BCUT2D eigenvalue weighted by atomic mass is 9.84. The van der Waals surface area contributed by atoms with Crippen LogP contribution < -0.4 is 10.6 Å². The summed E-state index contributed by atoms with van der Waals surface area (Å²) in [5.74, 6) is 0. The zero-order valence-corrected chi connectivity index (χ0v) is 20.8. The molecule has 2 fully saturated rings. The van der Waals surface area contributed by atoms with Gasteiger partial charge in [-0.2, -0.15) is 0 Å². The number of nitrogens with one attached hydrogen (secondary N) is 2. The minimum absolute atomic E-state index is 0.0759. The fourth-order valence-corrected chi connectivity index (χ4v) is 4.79. The summed E-state index contributed by atoms with van der Waals surface area (Å²) < 4.78 is 12.1. The third-order valence-electron chi connectivity index (χ3n) is 6.77. The lowest BCUT2D eigenvalue weighted by Gasteiger charge is -2.27. The third kappa shape index (κ3) is 5.59. The van der Waals surface area contributed by atoms with Crippen LogP contribution in [0.3, 0.4) is 0 Å². The molecule has 178 valence electrons. The Morgan fingerprint density at radius 2 is 1.18 bits per heavy atom. The second kappa shape index (κ2) is 9.11. The van der Waals surface area contributed by atoms with Crippen LogP contribution in [0, 0.1) is 0 Å². The van der Waals surface area contributed by atoms with Gasteiger partial charge in [-0.15, -0.1) is 0 Å². The summed E-state index contributed by atoms with van der Waals surface area (Å²) >= 11 is 0. The molecule has 0 bridgehead atoms. The van der Waals surface area contributed by atoms with Crippen molar-refractivity contribution >= 4 is 6.03 Å². The molecule has 5 heteroatoms. The van der Waals surface area contributed by atoms with Gasteiger partial charge in [0.05, 0.1) is 12.1 Å². The second-order valence-corrected chi connectivity index (χ2v) is 11.5. The van der Waals surface area contributed by atoms with Crippen LogP contribution in [0.1, 0.15) is 63.8 Å². The second-order valence-electron chi connectivity index (χ2n) is 11.5. The number of ether oxygens (including phenoxy) is 2. The third-order valence-corrected chi connectivity index (χ3v) is 6.77. The van der Waals surface area contributed by atoms with Gasteiger partial charge in [0.2, 0.25) is 0 Å². The van der Waals surface area contributed by atoms with Crippen LogP contribution in [-0.4, -0.2) is 37.1 Å². The molecule has 2 heterocycles. The van der Waals surface area contributed by atoms with Gasteiger partial charge >= 0.3 is 6.03 Å². The summed E-state index contributed by atoms with van der Waals surface area (Å²) in [7, 11) is 0. The van der Waals surface area contributed by atoms with Crippen molar-refractivity contribution in [3.63, 3.8) is 0 Å². The minimum Gasteiger partial charge on any atom is -0.347 e. The van der Waals surface area contributed by atoms with Gasteiger partial charge in [0.25, 0.3) is 0 Å². The van der Waals surface area contributed by atoms with Crippen LogP contribution in [0.25, 0.3) is 0 Å². The van der Waals surface area contributed by atoms with Crippen LogP contribution in [0.2, 0.25) is 0 Å². The van der Waals surface area contributed by atoms with Gasteiger partial charge in [-0.05, 0) is 45.9 Å². The molecule has 33 heavy (non-hydrogen) atoms. The van der Waals surface area contributed by atoms with E-state index in [1.165, 1.54) is 22.3 Å². The van der Waals surface area contributed by atoms with E-state index in [2.05, 4.69) is 101 Å². The molecule has 0 aliphatic carbocycles. The summed E-state index contributed by atoms with van der Waals surface area (Å²) in [5.41, 5.74) is 5.11. The van der Waals surface area contributed by atoms with Gasteiger partial charge in [-0.1, -0.05) is 90.1 Å². The van der Waals surface area contributed by atoms with Crippen molar-refractivity contribution in [2.24, 2.45) is 0 Å². The van der Waals surface area contributed by atoms with Crippen LogP contribution >= 0.6 is 0 Å². The summed E-state index contributed by atoms with van der Waals surface area (Å²) in [6.07, 6.45) is 1.01. The first-order chi connectivity index (χ1) is 15.5. The molecular formula is C28H38N2O3. The van der Waals surface area contributed by atoms with E-state index in [1.807, 2.05) is 0 Å². The summed E-state index contributed by atoms with van der Waals surface area (Å²) in [6.45, 7) is 13.5. The topological polar surface area (TPSA) is 59.6 Å². The van der Waals surface area contributed by atoms with Crippen LogP contribution in [0.4, 0.5) is 4.79 Å². The molecular weight excluding hydrogens is 412 g/mol. The number of rotatable bonds is 4. The molecule has 4 rings (SSSR count). The molecule has 2 saturated heterocycles. The zero-order valence-electron chi connectivity index (χ0n) is 20.8. The van der Waals surface area contributed by atoms with Crippen LogP contribution in [0.15, 0.2) is 48.5 Å². The molecule has 0 aromatic heterocycles. The number of hydrogen-bond donors (Lipinski definition) is 2. The lowest BCUT2D eigenvalue weighted by Crippen LogP contribution is -2.47. The van der Waals surface area contributed by atoms with Gasteiger partial charge in [-0.3, -0.25) is 0 Å². The summed E-state index contributed by atoms with van der Waals surface area (Å²) in [5, 5.41) is 6.31. The Morgan fingerprint density at radius 1 is 0.758 bits per heavy atom. The van der Waals surface area contributed by atoms with E-state index in [-0.39, 0.29) is 47.9 Å². The van der Waals surface area contributed by atoms with E-state index in [9.17, 15) is 4.79 Å². The first kappa shape index (κ1) is 23.8. The number of carbonyl (C=O) groups is 1. The highest BCUT2D eigenvalue weighted by atomic mass is 16.7. The largest absolute Gasteiger partial charge is 0.347 e. The van der Waals surface area contributed by atoms with Crippen molar-refractivity contribution in [3.8, 4) is 0 Å². The zero-order chi connectivity index (χ0) is 23.8. The van der Waals surface area contributed by atoms with Gasteiger partial charge in [0.1, 0.15) is 19.0 Å². The summed E-state index contributed by atoms with van der Waals surface area (Å²) in [4.78, 5) is 12.8. The van der Waals surface area contributed by atoms with E-state index in [1.54, 1.807) is 0 Å². The van der Waals surface area contributed by atoms with Gasteiger partial charge < -0.3 is 20.1 Å². The highest BCUT2D eigenvalue weighted by Gasteiger charge is 2.44. The standard InChI is InChI=1S/C28H38N2O3/c1-27(2,3)20-11-7-9-18(13-20)15-22-24-25(33-17-32-24)23(30-26(31)29-22)16-19-10-8-12-21(14-19)28(4,5)6/h7-14,22-25H,15-17H2,1-6H3,(H2,29,30,31)/t22-,23-,24+,25+/m1/s1. The predicted molar refractivity (Wildman–Crippen MR) is 132 cm³/mol. The van der Waals surface area contributed by atoms with Crippen LogP contribution in [-0.2, 0) is 33.1 Å². The molecule has 2 aromatic rings. The quantitative estimate of drug-likeness (QED) is 0.700. The smallest absolute Gasteiger partial charge is 0.315 e. The van der Waals surface area contributed by atoms with Gasteiger partial charge in [0.15, 0.2) is 0 Å². The number of benzene rings is 2. The highest BCUT2D eigenvalue weighted by molar-refractivity contribution is 5.75. The molecule has 0 saturated carbocycles. The van der Waals surface area contributed by atoms with Gasteiger partial charge in [0, 0.05) is 0 Å². The normalized spacial score (nSPS) is 25.7. The Kier molecular flexibility index (Phi) is 6.56. The molecule has 0 spiro atoms. The van der Waals surface area contributed by atoms with Crippen molar-refractivity contribution in [1.29, 1.82) is 0 Å². The van der Waals surface area contributed by atoms with Crippen molar-refractivity contribution < 1.29 is 14.3 Å². The Labute approximate surface area is 198 Å². The average Bonchev–Trinajstić information content (AvgIpc) is 3.18. The highest BCUT2D eigenvalue weighted by Crippen LogP contribution is 2.29. The van der Waals surface area contributed by atoms with Gasteiger partial charge in [-0.25, -0.2) is 4.79 Å². The fraction of sp³-hybridized carbons (Fsp3) is 0.536. The maximum Gasteiger partial charge on any atom is 0.315 e. The van der Waals surface area contributed by atoms with E-state index >= 15 is 0 Å². The van der Waals surface area contributed by atoms with E-state index in [4.69, 9.17) is 9.47 Å². The molecule has 2 aliphatic rings. The van der Waals surface area contributed by atoms with E-state index < -0.39 is 0 Å². The minimum atomic E-state index is -0.196. The Morgan fingerprint density at radius 3 is 1.58 bits per heavy atom. The number of fused-ring (bicyclic) bond motifs is 1. The van der Waals surface area contributed by atoms with Crippen molar-refractivity contribution in [3.05, 3.63) is 70.8 Å². The van der Waals surface area contributed by atoms with Crippen molar-refractivity contribution in [1.82, 2.24) is 10.6 Å². The van der Waals surface area contributed by atoms with E-state index in [0.717, 1.165) is 0 Å². The number of carbonyl (C=O) groups excluding carboxylic acids is 1. The molecule has 4 atom stereocenters. The van der Waals surface area contributed by atoms with E-state index in [0.29, 0.717) is 12.8 Å². The number of urea groups is 1. The van der Waals surface area contributed by atoms with Crippen molar-refractivity contribution in [2.75, 3.05) is 6.79 Å². The molecule has 5 nitrogen and oxygen atoms in total. The molecule has 2 N–H and O–H groups in total. The Bertz CT molecular complexity index is 912. The lowest BCUT2D eigenvalue weighted by molar-refractivity contribution is 0.0275. The first-order valence-electron chi connectivity index (χ1n) is 12.0. The van der Waals surface area contributed by atoms with Crippen molar-refractivity contribution in [2.45, 2.75) is 89.5 Å². The predicted octanol–water partition coefficient (Wildman–Crippen LogP) is 4.86. The molecule has 0 unspecified atom stereocenters. The average molecular weight is 451 g/mol. The molecule has 0 radical (unpaired) electrons. The SMILES string of the molecule is CC(C)(C)c1cccc(C[C@H]2NC(=O)N[C@H](Cc3cccc(C(C)(C)C)c3)[C@@H]3OCO[C@H]32)c1. The maximum atomic E-state index is 12.8. The Hall–Kier alpha value is -2.37. The molecule has 2 aromatic carbocycles. The molecule has 2 amide bonds. The maximum absolute atomic E-state index is 12.8. The summed E-state index contributed by atoms with van der Waals surface area (Å²) in [6, 6.07) is 16.8.